The van der Waals surface area contributed by atoms with Gasteiger partial charge in [-0.25, -0.2) is 0 Å². The van der Waals surface area contributed by atoms with Crippen LogP contribution < -0.4 is 0 Å². The van der Waals surface area contributed by atoms with Crippen LogP contribution in [0.2, 0.25) is 0 Å². The first kappa shape index (κ1) is 8.97. The normalized spacial score (nSPS) is 29.4. The van der Waals surface area contributed by atoms with Gasteiger partial charge in [0, 0.05) is 4.43 Å². The predicted octanol–water partition coefficient (Wildman–Crippen LogP) is 3.40. The van der Waals surface area contributed by atoms with Crippen LogP contribution in [0.25, 0.3) is 0 Å². The van der Waals surface area contributed by atoms with E-state index in [1.54, 1.807) is 11.3 Å². The molecule has 3 heteroatoms. The van der Waals surface area contributed by atoms with Crippen molar-refractivity contribution in [2.24, 2.45) is 0 Å². The van der Waals surface area contributed by atoms with Crippen molar-refractivity contribution in [3.63, 3.8) is 0 Å². The summed E-state index contributed by atoms with van der Waals surface area (Å²) in [7, 11) is 0. The molecule has 0 radical (unpaired) electrons. The summed E-state index contributed by atoms with van der Waals surface area (Å²) in [6.45, 7) is 0. The molecule has 0 spiro atoms. The third-order valence-electron chi connectivity index (χ3n) is 2.19. The summed E-state index contributed by atoms with van der Waals surface area (Å²) < 4.78 is 6.98. The zero-order chi connectivity index (χ0) is 8.39. The Morgan fingerprint density at radius 3 is 3.08 bits per heavy atom. The van der Waals surface area contributed by atoms with Gasteiger partial charge in [0.2, 0.25) is 0 Å². The molecule has 2 atom stereocenters. The first-order valence-corrected chi connectivity index (χ1v) is 6.60. The van der Waals surface area contributed by atoms with Gasteiger partial charge in [-0.15, -0.1) is 0 Å². The molecule has 0 saturated carbocycles. The highest BCUT2D eigenvalue weighted by Crippen LogP contribution is 2.34. The second kappa shape index (κ2) is 4.07. The zero-order valence-corrected chi connectivity index (χ0v) is 9.68. The number of alkyl halides is 1. The monoisotopic (exact) mass is 294 g/mol. The molecule has 0 bridgehead atoms. The molecule has 0 aliphatic carbocycles. The minimum absolute atomic E-state index is 0.385. The van der Waals surface area contributed by atoms with Gasteiger partial charge in [0.25, 0.3) is 0 Å². The van der Waals surface area contributed by atoms with Crippen LogP contribution in [0.1, 0.15) is 24.5 Å². The van der Waals surface area contributed by atoms with Gasteiger partial charge in [0.1, 0.15) is 0 Å². The van der Waals surface area contributed by atoms with Gasteiger partial charge in [-0.2, -0.15) is 11.3 Å². The maximum absolute atomic E-state index is 5.85. The number of thiophene rings is 1. The van der Waals surface area contributed by atoms with Gasteiger partial charge >= 0.3 is 0 Å². The second-order valence-corrected chi connectivity index (χ2v) is 4.70. The Kier molecular flexibility index (Phi) is 3.04. The maximum atomic E-state index is 5.85. The second-order valence-electron chi connectivity index (χ2n) is 3.04. The summed E-state index contributed by atoms with van der Waals surface area (Å²) in [4.78, 5) is 0. The standard InChI is InChI=1S/C9H11IOS/c10-5-8-1-2-9(11-8)7-3-4-12-6-7/h3-4,6,8-9H,1-2,5H2. The molecule has 1 saturated heterocycles. The summed E-state index contributed by atoms with van der Waals surface area (Å²) >= 11 is 4.15. The molecule has 12 heavy (non-hydrogen) atoms. The first-order chi connectivity index (χ1) is 5.90. The number of ether oxygens (including phenoxy) is 1. The highest BCUT2D eigenvalue weighted by molar-refractivity contribution is 14.1. The van der Waals surface area contributed by atoms with E-state index in [0.717, 1.165) is 4.43 Å². The molecule has 2 unspecified atom stereocenters. The summed E-state index contributed by atoms with van der Waals surface area (Å²) in [6.07, 6.45) is 3.31. The molecular weight excluding hydrogens is 283 g/mol. The van der Waals surface area contributed by atoms with Crippen LogP contribution in [0.4, 0.5) is 0 Å². The fourth-order valence-corrected chi connectivity index (χ4v) is 2.87. The Balaban J connectivity index is 2.00. The van der Waals surface area contributed by atoms with E-state index >= 15 is 0 Å². The Morgan fingerprint density at radius 1 is 1.58 bits per heavy atom. The average Bonchev–Trinajstić information content (AvgIpc) is 2.75. The van der Waals surface area contributed by atoms with E-state index in [9.17, 15) is 0 Å². The average molecular weight is 294 g/mol. The van der Waals surface area contributed by atoms with Gasteiger partial charge in [-0.1, -0.05) is 22.6 Å². The molecule has 1 aromatic heterocycles. The summed E-state index contributed by atoms with van der Waals surface area (Å²) in [5.41, 5.74) is 1.37. The molecule has 2 rings (SSSR count). The van der Waals surface area contributed by atoms with Crippen LogP contribution in [-0.2, 0) is 4.74 Å². The van der Waals surface area contributed by atoms with E-state index in [1.165, 1.54) is 18.4 Å². The zero-order valence-electron chi connectivity index (χ0n) is 6.70. The lowest BCUT2D eigenvalue weighted by Gasteiger charge is -2.09. The van der Waals surface area contributed by atoms with E-state index in [4.69, 9.17) is 4.74 Å². The molecule has 2 heterocycles. The van der Waals surface area contributed by atoms with Crippen LogP contribution in [0, 0.1) is 0 Å². The third kappa shape index (κ3) is 1.83. The van der Waals surface area contributed by atoms with Crippen LogP contribution in [0.5, 0.6) is 0 Å². The summed E-state index contributed by atoms with van der Waals surface area (Å²) in [5.74, 6) is 0. The maximum Gasteiger partial charge on any atom is 0.0838 e. The minimum atomic E-state index is 0.385. The lowest BCUT2D eigenvalue weighted by molar-refractivity contribution is 0.0600. The fourth-order valence-electron chi connectivity index (χ4n) is 1.52. The molecule has 1 fully saturated rings. The molecule has 0 N–H and O–H groups in total. The molecule has 1 nitrogen and oxygen atoms in total. The Bertz CT molecular complexity index is 235. The minimum Gasteiger partial charge on any atom is -0.369 e. The number of halogens is 1. The lowest BCUT2D eigenvalue weighted by atomic mass is 10.1. The van der Waals surface area contributed by atoms with Gasteiger partial charge in [0.05, 0.1) is 12.2 Å². The van der Waals surface area contributed by atoms with Crippen LogP contribution in [0.3, 0.4) is 0 Å². The van der Waals surface area contributed by atoms with Crippen molar-refractivity contribution >= 4 is 33.9 Å². The van der Waals surface area contributed by atoms with Crippen LogP contribution in [0.15, 0.2) is 16.8 Å². The molecule has 1 aromatic rings. The molecular formula is C9H11IOS. The van der Waals surface area contributed by atoms with Crippen molar-refractivity contribution in [3.05, 3.63) is 22.4 Å². The molecule has 1 aliphatic heterocycles. The molecule has 1 aliphatic rings. The molecule has 0 amide bonds. The van der Waals surface area contributed by atoms with Gasteiger partial charge in [-0.05, 0) is 35.2 Å². The molecule has 0 aromatic carbocycles. The number of hydrogen-bond donors (Lipinski definition) is 0. The number of rotatable bonds is 2. The van der Waals surface area contributed by atoms with E-state index < -0.39 is 0 Å². The van der Waals surface area contributed by atoms with E-state index in [-0.39, 0.29) is 0 Å². The van der Waals surface area contributed by atoms with Crippen molar-refractivity contribution in [1.29, 1.82) is 0 Å². The predicted molar refractivity (Wildman–Crippen MR) is 60.1 cm³/mol. The highest BCUT2D eigenvalue weighted by Gasteiger charge is 2.25. The summed E-state index contributed by atoms with van der Waals surface area (Å²) in [5, 5.41) is 4.32. The van der Waals surface area contributed by atoms with Crippen molar-refractivity contribution in [2.45, 2.75) is 25.0 Å². The van der Waals surface area contributed by atoms with Crippen molar-refractivity contribution in [2.75, 3.05) is 4.43 Å². The van der Waals surface area contributed by atoms with Crippen LogP contribution >= 0.6 is 33.9 Å². The van der Waals surface area contributed by atoms with Crippen LogP contribution in [-0.4, -0.2) is 10.5 Å². The Morgan fingerprint density at radius 2 is 2.50 bits per heavy atom. The quantitative estimate of drug-likeness (QED) is 0.600. The Labute approximate surface area is 90.3 Å². The summed E-state index contributed by atoms with van der Waals surface area (Å²) in [6, 6.07) is 2.17. The number of hydrogen-bond acceptors (Lipinski definition) is 2. The first-order valence-electron chi connectivity index (χ1n) is 4.13. The highest BCUT2D eigenvalue weighted by atomic mass is 127. The Hall–Kier alpha value is 0.390. The van der Waals surface area contributed by atoms with Gasteiger partial charge in [0.15, 0.2) is 0 Å². The van der Waals surface area contributed by atoms with E-state index in [0.29, 0.717) is 12.2 Å². The van der Waals surface area contributed by atoms with Crippen molar-refractivity contribution < 1.29 is 4.74 Å². The third-order valence-corrected chi connectivity index (χ3v) is 3.88. The van der Waals surface area contributed by atoms with Gasteiger partial charge < -0.3 is 4.74 Å². The SMILES string of the molecule is ICC1CCC(c2ccsc2)O1. The fraction of sp³-hybridized carbons (Fsp3) is 0.556. The van der Waals surface area contributed by atoms with E-state index in [2.05, 4.69) is 39.4 Å². The van der Waals surface area contributed by atoms with Crippen molar-refractivity contribution in [1.82, 2.24) is 0 Å². The molecule has 66 valence electrons. The topological polar surface area (TPSA) is 9.23 Å². The lowest BCUT2D eigenvalue weighted by Crippen LogP contribution is -2.06. The smallest absolute Gasteiger partial charge is 0.0838 e. The van der Waals surface area contributed by atoms with Crippen molar-refractivity contribution in [3.8, 4) is 0 Å². The van der Waals surface area contributed by atoms with E-state index in [1.807, 2.05) is 0 Å². The largest absolute Gasteiger partial charge is 0.369 e. The van der Waals surface area contributed by atoms with Gasteiger partial charge in [-0.3, -0.25) is 0 Å².